The average Bonchev–Trinajstić information content (AvgIpc) is 2.76. The first-order valence-electron chi connectivity index (χ1n) is 9.78. The molecular weight excluding hydrogens is 404 g/mol. The fourth-order valence-corrected chi connectivity index (χ4v) is 3.47. The zero-order valence-corrected chi connectivity index (χ0v) is 17.9. The first-order valence-corrected chi connectivity index (χ1v) is 9.78. The van der Waals surface area contributed by atoms with Crippen molar-refractivity contribution in [3.63, 3.8) is 0 Å². The van der Waals surface area contributed by atoms with Crippen LogP contribution >= 0.6 is 0 Å². The van der Waals surface area contributed by atoms with Crippen molar-refractivity contribution in [3.8, 4) is 40.1 Å². The molecule has 1 heterocycles. The second-order valence-corrected chi connectivity index (χ2v) is 7.30. The summed E-state index contributed by atoms with van der Waals surface area (Å²) in [6, 6.07) is 6.54. The summed E-state index contributed by atoms with van der Waals surface area (Å²) in [7, 11) is 4.18. The van der Waals surface area contributed by atoms with Gasteiger partial charge in [0.25, 0.3) is 0 Å². The van der Waals surface area contributed by atoms with Gasteiger partial charge in [0.05, 0.1) is 21.3 Å². The van der Waals surface area contributed by atoms with E-state index in [0.717, 1.165) is 12.0 Å². The van der Waals surface area contributed by atoms with Crippen LogP contribution in [-0.2, 0) is 6.42 Å². The molecule has 8 heteroatoms. The molecular formula is C23H26O8. The van der Waals surface area contributed by atoms with Gasteiger partial charge in [-0.05, 0) is 42.5 Å². The molecule has 0 aliphatic carbocycles. The number of methoxy groups -OCH3 is 3. The second-order valence-electron chi connectivity index (χ2n) is 7.30. The van der Waals surface area contributed by atoms with Gasteiger partial charge in [-0.1, -0.05) is 6.92 Å². The molecule has 0 spiro atoms. The summed E-state index contributed by atoms with van der Waals surface area (Å²) in [6.45, 7) is 2.04. The minimum Gasteiger partial charge on any atom is -0.504 e. The zero-order chi connectivity index (χ0) is 22.7. The molecule has 0 radical (unpaired) electrons. The van der Waals surface area contributed by atoms with Gasteiger partial charge >= 0.3 is 0 Å². The minimum absolute atomic E-state index is 0.0112. The number of phenolic OH excluding ortho intramolecular Hbond substituents is 2. The Morgan fingerprint density at radius 2 is 1.74 bits per heavy atom. The lowest BCUT2D eigenvalue weighted by Gasteiger charge is -2.15. The summed E-state index contributed by atoms with van der Waals surface area (Å²) in [6.07, 6.45) is 1.40. The third-order valence-electron chi connectivity index (χ3n) is 5.22. The summed E-state index contributed by atoms with van der Waals surface area (Å²) < 4.78 is 21.6. The number of aryl methyl sites for hydroxylation is 1. The van der Waals surface area contributed by atoms with Crippen molar-refractivity contribution >= 4 is 11.0 Å². The van der Waals surface area contributed by atoms with Gasteiger partial charge in [-0.3, -0.25) is 4.79 Å². The standard InChI is InChI=1S/C23H26O8/c1-12(11-24)5-6-13-9-14(7-8-16(13)28-2)21-23(30-4)20(27)18-17(31-21)10-15(25)22(29-3)19(18)26/h7-10,12,24-26H,5-6,11H2,1-4H3/t12-/m0/s1. The smallest absolute Gasteiger partial charge is 0.239 e. The number of benzene rings is 2. The number of aromatic hydroxyl groups is 2. The summed E-state index contributed by atoms with van der Waals surface area (Å²) in [5, 5.41) is 29.7. The van der Waals surface area contributed by atoms with E-state index in [2.05, 4.69) is 0 Å². The first-order chi connectivity index (χ1) is 14.9. The summed E-state index contributed by atoms with van der Waals surface area (Å²) in [5.41, 5.74) is 0.840. The normalized spacial score (nSPS) is 12.0. The maximum Gasteiger partial charge on any atom is 0.239 e. The highest BCUT2D eigenvalue weighted by Gasteiger charge is 2.24. The lowest BCUT2D eigenvalue weighted by atomic mass is 9.98. The minimum atomic E-state index is -0.596. The van der Waals surface area contributed by atoms with Crippen LogP contribution in [0.4, 0.5) is 0 Å². The van der Waals surface area contributed by atoms with E-state index in [1.807, 2.05) is 13.0 Å². The molecule has 0 amide bonds. The van der Waals surface area contributed by atoms with Crippen LogP contribution in [0, 0.1) is 5.92 Å². The van der Waals surface area contributed by atoms with E-state index in [4.69, 9.17) is 18.6 Å². The molecule has 3 N–H and O–H groups in total. The second kappa shape index (κ2) is 9.18. The van der Waals surface area contributed by atoms with E-state index in [0.29, 0.717) is 17.7 Å². The molecule has 1 aromatic heterocycles. The fourth-order valence-electron chi connectivity index (χ4n) is 3.47. The Morgan fingerprint density at radius 1 is 1.03 bits per heavy atom. The van der Waals surface area contributed by atoms with E-state index in [-0.39, 0.29) is 46.5 Å². The van der Waals surface area contributed by atoms with Crippen LogP contribution < -0.4 is 19.6 Å². The van der Waals surface area contributed by atoms with Crippen molar-refractivity contribution in [3.05, 3.63) is 40.1 Å². The Bertz CT molecular complexity index is 1150. The molecule has 0 saturated heterocycles. The third-order valence-corrected chi connectivity index (χ3v) is 5.22. The van der Waals surface area contributed by atoms with Crippen molar-refractivity contribution in [2.75, 3.05) is 27.9 Å². The predicted octanol–water partition coefficient (Wildman–Crippen LogP) is 3.46. The zero-order valence-electron chi connectivity index (χ0n) is 17.9. The van der Waals surface area contributed by atoms with Gasteiger partial charge in [0.1, 0.15) is 16.7 Å². The van der Waals surface area contributed by atoms with Crippen LogP contribution in [-0.4, -0.2) is 43.3 Å². The van der Waals surface area contributed by atoms with Gasteiger partial charge in [0.15, 0.2) is 17.3 Å². The van der Waals surface area contributed by atoms with E-state index in [9.17, 15) is 20.1 Å². The summed E-state index contributed by atoms with van der Waals surface area (Å²) in [4.78, 5) is 13.1. The van der Waals surface area contributed by atoms with Crippen molar-refractivity contribution < 1.29 is 33.9 Å². The number of aliphatic hydroxyl groups is 1. The lowest BCUT2D eigenvalue weighted by molar-refractivity contribution is 0.230. The number of hydrogen-bond donors (Lipinski definition) is 3. The molecule has 0 unspecified atom stereocenters. The van der Waals surface area contributed by atoms with Gasteiger partial charge in [-0.2, -0.15) is 0 Å². The molecule has 166 valence electrons. The monoisotopic (exact) mass is 430 g/mol. The van der Waals surface area contributed by atoms with E-state index >= 15 is 0 Å². The van der Waals surface area contributed by atoms with Gasteiger partial charge in [0.2, 0.25) is 16.9 Å². The van der Waals surface area contributed by atoms with Crippen molar-refractivity contribution in [1.29, 1.82) is 0 Å². The van der Waals surface area contributed by atoms with Crippen LogP contribution in [0.15, 0.2) is 33.5 Å². The Hall–Kier alpha value is -3.39. The van der Waals surface area contributed by atoms with E-state index in [1.54, 1.807) is 19.2 Å². The number of phenols is 2. The topological polar surface area (TPSA) is 119 Å². The number of fused-ring (bicyclic) bond motifs is 1. The Balaban J connectivity index is 2.21. The molecule has 3 rings (SSSR count). The van der Waals surface area contributed by atoms with Gasteiger partial charge in [-0.15, -0.1) is 0 Å². The van der Waals surface area contributed by atoms with E-state index < -0.39 is 11.2 Å². The van der Waals surface area contributed by atoms with Crippen LogP contribution in [0.25, 0.3) is 22.3 Å². The molecule has 31 heavy (non-hydrogen) atoms. The highest BCUT2D eigenvalue weighted by Crippen LogP contribution is 2.43. The van der Waals surface area contributed by atoms with Crippen molar-refractivity contribution in [2.45, 2.75) is 19.8 Å². The van der Waals surface area contributed by atoms with Crippen LogP contribution in [0.5, 0.6) is 28.7 Å². The fraction of sp³-hybridized carbons (Fsp3) is 0.348. The van der Waals surface area contributed by atoms with Gasteiger partial charge < -0.3 is 33.9 Å². The third kappa shape index (κ3) is 4.11. The molecule has 0 aliphatic rings. The van der Waals surface area contributed by atoms with Crippen LogP contribution in [0.1, 0.15) is 18.9 Å². The average molecular weight is 430 g/mol. The summed E-state index contributed by atoms with van der Waals surface area (Å²) in [5.74, 6) is -0.235. The Kier molecular flexibility index (Phi) is 6.60. The van der Waals surface area contributed by atoms with Gasteiger partial charge in [-0.25, -0.2) is 0 Å². The highest BCUT2D eigenvalue weighted by atomic mass is 16.5. The van der Waals surface area contributed by atoms with Crippen LogP contribution in [0.3, 0.4) is 0 Å². The molecule has 0 saturated carbocycles. The maximum absolute atomic E-state index is 13.1. The van der Waals surface area contributed by atoms with Crippen molar-refractivity contribution in [1.82, 2.24) is 0 Å². The van der Waals surface area contributed by atoms with Crippen molar-refractivity contribution in [2.24, 2.45) is 5.92 Å². The van der Waals surface area contributed by atoms with E-state index in [1.165, 1.54) is 20.3 Å². The molecule has 1 atom stereocenters. The number of rotatable bonds is 8. The predicted molar refractivity (Wildman–Crippen MR) is 115 cm³/mol. The Labute approximate surface area is 179 Å². The lowest BCUT2D eigenvalue weighted by Crippen LogP contribution is -2.08. The molecule has 8 nitrogen and oxygen atoms in total. The number of ether oxygens (including phenoxy) is 3. The molecule has 0 aliphatic heterocycles. The SMILES string of the molecule is COc1ccc(-c2oc3cc(O)c(OC)c(O)c3c(=O)c2OC)cc1CC[C@H](C)CO. The quantitative estimate of drug-likeness (QED) is 0.497. The highest BCUT2D eigenvalue weighted by molar-refractivity contribution is 5.91. The summed E-state index contributed by atoms with van der Waals surface area (Å²) >= 11 is 0. The van der Waals surface area contributed by atoms with Crippen LogP contribution in [0.2, 0.25) is 0 Å². The number of hydrogen-bond acceptors (Lipinski definition) is 8. The Morgan fingerprint density at radius 3 is 2.35 bits per heavy atom. The van der Waals surface area contributed by atoms with Gasteiger partial charge in [0, 0.05) is 18.2 Å². The first kappa shape index (κ1) is 22.3. The number of aliphatic hydroxyl groups excluding tert-OH is 1. The largest absolute Gasteiger partial charge is 0.504 e. The maximum atomic E-state index is 13.1. The molecule has 3 aromatic rings. The molecule has 0 bridgehead atoms. The molecule has 2 aromatic carbocycles. The molecule has 0 fully saturated rings.